The minimum Gasteiger partial charge on any atom is -0.481 e. The maximum Gasteiger partial charge on any atom is 0.305 e. The third-order valence-electron chi connectivity index (χ3n) is 2.71. The normalized spacial score (nSPS) is 22.8. The van der Waals surface area contributed by atoms with E-state index < -0.39 is 22.0 Å². The van der Waals surface area contributed by atoms with E-state index in [9.17, 15) is 18.0 Å². The molecule has 1 rings (SSSR count). The van der Waals surface area contributed by atoms with Gasteiger partial charge in [-0.15, -0.1) is 0 Å². The standard InChI is InChI=1S/C9H16N2O5S/c1-6(2-9(13)14)11-4-7(3-8(11)12)5-17(10,15)16/h6-7H,2-5H2,1H3,(H,13,14)(H2,10,15,16)/t6-,7?/m1/s1. The minimum absolute atomic E-state index is 0.111. The van der Waals surface area contributed by atoms with Gasteiger partial charge in [0.25, 0.3) is 0 Å². The molecule has 0 bridgehead atoms. The number of aliphatic carboxylic acids is 1. The van der Waals surface area contributed by atoms with E-state index in [4.69, 9.17) is 10.2 Å². The lowest BCUT2D eigenvalue weighted by atomic mass is 10.1. The van der Waals surface area contributed by atoms with Gasteiger partial charge in [-0.25, -0.2) is 13.6 Å². The summed E-state index contributed by atoms with van der Waals surface area (Å²) in [5.41, 5.74) is 0. The van der Waals surface area contributed by atoms with Gasteiger partial charge in [0.2, 0.25) is 15.9 Å². The minimum atomic E-state index is -3.60. The summed E-state index contributed by atoms with van der Waals surface area (Å²) in [5.74, 6) is -1.78. The number of likely N-dealkylation sites (tertiary alicyclic amines) is 1. The molecule has 17 heavy (non-hydrogen) atoms. The molecule has 1 saturated heterocycles. The Kier molecular flexibility index (Phi) is 4.10. The molecule has 0 radical (unpaired) electrons. The molecule has 3 N–H and O–H groups in total. The number of hydrogen-bond donors (Lipinski definition) is 2. The number of nitrogens with zero attached hydrogens (tertiary/aromatic N) is 1. The van der Waals surface area contributed by atoms with Crippen molar-refractivity contribution in [3.63, 3.8) is 0 Å². The molecule has 0 aromatic carbocycles. The van der Waals surface area contributed by atoms with Gasteiger partial charge in [-0.05, 0) is 6.92 Å². The summed E-state index contributed by atoms with van der Waals surface area (Å²) in [6.45, 7) is 1.88. The first-order valence-electron chi connectivity index (χ1n) is 5.21. The summed E-state index contributed by atoms with van der Waals surface area (Å²) in [5, 5.41) is 13.5. The van der Waals surface area contributed by atoms with Gasteiger partial charge in [0.05, 0.1) is 12.2 Å². The monoisotopic (exact) mass is 264 g/mol. The maximum absolute atomic E-state index is 11.6. The van der Waals surface area contributed by atoms with Crippen LogP contribution in [-0.2, 0) is 19.6 Å². The van der Waals surface area contributed by atoms with E-state index >= 15 is 0 Å². The van der Waals surface area contributed by atoms with Crippen LogP contribution in [0.4, 0.5) is 0 Å². The van der Waals surface area contributed by atoms with Gasteiger partial charge in [-0.3, -0.25) is 9.59 Å². The van der Waals surface area contributed by atoms with Crippen molar-refractivity contribution in [3.8, 4) is 0 Å². The fourth-order valence-corrected chi connectivity index (χ4v) is 2.92. The fourth-order valence-electron chi connectivity index (χ4n) is 2.04. The number of carbonyl (C=O) groups excluding carboxylic acids is 1. The van der Waals surface area contributed by atoms with Crippen LogP contribution in [0.15, 0.2) is 0 Å². The van der Waals surface area contributed by atoms with Crippen LogP contribution in [0.2, 0.25) is 0 Å². The number of primary sulfonamides is 1. The second kappa shape index (κ2) is 5.01. The number of sulfonamides is 1. The number of hydrogen-bond acceptors (Lipinski definition) is 4. The predicted molar refractivity (Wildman–Crippen MR) is 59.5 cm³/mol. The molecule has 0 aromatic heterocycles. The average molecular weight is 264 g/mol. The lowest BCUT2D eigenvalue weighted by Crippen LogP contribution is -2.36. The molecule has 1 unspecified atom stereocenters. The molecule has 1 fully saturated rings. The molecule has 1 aliphatic rings. The number of carbonyl (C=O) groups is 2. The first-order valence-corrected chi connectivity index (χ1v) is 6.92. The Hall–Kier alpha value is -1.15. The van der Waals surface area contributed by atoms with Crippen LogP contribution in [0.25, 0.3) is 0 Å². The topological polar surface area (TPSA) is 118 Å². The average Bonchev–Trinajstić information content (AvgIpc) is 2.41. The predicted octanol–water partition coefficient (Wildman–Crippen LogP) is -1.01. The molecule has 1 aliphatic heterocycles. The molecular weight excluding hydrogens is 248 g/mol. The molecule has 0 spiro atoms. The Bertz CT molecular complexity index is 419. The summed E-state index contributed by atoms with van der Waals surface area (Å²) in [6.07, 6.45) is -0.0335. The highest BCUT2D eigenvalue weighted by molar-refractivity contribution is 7.89. The van der Waals surface area contributed by atoms with Gasteiger partial charge in [-0.1, -0.05) is 0 Å². The third kappa shape index (κ3) is 4.31. The first-order chi connectivity index (χ1) is 7.69. The van der Waals surface area contributed by atoms with Crippen molar-refractivity contribution in [1.82, 2.24) is 4.90 Å². The van der Waals surface area contributed by atoms with Crippen LogP contribution in [0.5, 0.6) is 0 Å². The fraction of sp³-hybridized carbons (Fsp3) is 0.778. The second-order valence-corrected chi connectivity index (χ2v) is 6.05. The summed E-state index contributed by atoms with van der Waals surface area (Å²) in [7, 11) is -3.60. The third-order valence-corrected chi connectivity index (χ3v) is 3.64. The Morgan fingerprint density at radius 3 is 2.71 bits per heavy atom. The van der Waals surface area contributed by atoms with Crippen molar-refractivity contribution in [1.29, 1.82) is 0 Å². The van der Waals surface area contributed by atoms with E-state index in [2.05, 4.69) is 0 Å². The lowest BCUT2D eigenvalue weighted by molar-refractivity contribution is -0.139. The zero-order valence-corrected chi connectivity index (χ0v) is 10.3. The highest BCUT2D eigenvalue weighted by Crippen LogP contribution is 2.22. The number of rotatable bonds is 5. The van der Waals surface area contributed by atoms with E-state index in [1.165, 1.54) is 4.90 Å². The number of nitrogens with two attached hydrogens (primary N) is 1. The summed E-state index contributed by atoms with van der Waals surface area (Å²) in [6, 6.07) is -0.425. The molecule has 8 heteroatoms. The molecule has 1 heterocycles. The van der Waals surface area contributed by atoms with Gasteiger partial charge >= 0.3 is 5.97 Å². The molecule has 2 atom stereocenters. The van der Waals surface area contributed by atoms with Crippen molar-refractivity contribution in [2.45, 2.75) is 25.8 Å². The first kappa shape index (κ1) is 13.9. The number of carboxylic acids is 1. The Balaban J connectivity index is 2.61. The van der Waals surface area contributed by atoms with E-state index in [0.717, 1.165) is 0 Å². The molecule has 7 nitrogen and oxygen atoms in total. The van der Waals surface area contributed by atoms with Crippen molar-refractivity contribution < 1.29 is 23.1 Å². The molecule has 1 amide bonds. The number of amides is 1. The van der Waals surface area contributed by atoms with Gasteiger partial charge in [-0.2, -0.15) is 0 Å². The summed E-state index contributed by atoms with van der Waals surface area (Å²) < 4.78 is 21.8. The van der Waals surface area contributed by atoms with Gasteiger partial charge in [0.1, 0.15) is 0 Å². The molecule has 0 aromatic rings. The second-order valence-electron chi connectivity index (χ2n) is 4.39. The van der Waals surface area contributed by atoms with E-state index in [1.807, 2.05) is 0 Å². The van der Waals surface area contributed by atoms with Gasteiger partial charge in [0.15, 0.2) is 0 Å². The summed E-state index contributed by atoms with van der Waals surface area (Å²) in [4.78, 5) is 23.5. The Morgan fingerprint density at radius 2 is 2.24 bits per heavy atom. The van der Waals surface area contributed by atoms with Crippen LogP contribution in [0.1, 0.15) is 19.8 Å². The molecular formula is C9H16N2O5S. The molecule has 98 valence electrons. The zero-order chi connectivity index (χ0) is 13.2. The van der Waals surface area contributed by atoms with E-state index in [0.29, 0.717) is 0 Å². The van der Waals surface area contributed by atoms with Crippen LogP contribution in [0.3, 0.4) is 0 Å². The van der Waals surface area contributed by atoms with E-state index in [-0.39, 0.29) is 37.0 Å². The number of carboxylic acid groups (broad SMARTS) is 1. The Labute approximate surface area is 99.6 Å². The molecule has 0 saturated carbocycles. The van der Waals surface area contributed by atoms with Gasteiger partial charge < -0.3 is 10.0 Å². The van der Waals surface area contributed by atoms with Gasteiger partial charge in [0, 0.05) is 24.9 Å². The Morgan fingerprint density at radius 1 is 1.65 bits per heavy atom. The van der Waals surface area contributed by atoms with Crippen LogP contribution >= 0.6 is 0 Å². The highest BCUT2D eigenvalue weighted by atomic mass is 32.2. The van der Waals surface area contributed by atoms with E-state index in [1.54, 1.807) is 6.92 Å². The quantitative estimate of drug-likeness (QED) is 0.659. The van der Waals surface area contributed by atoms with Crippen molar-refractivity contribution in [3.05, 3.63) is 0 Å². The van der Waals surface area contributed by atoms with Crippen molar-refractivity contribution >= 4 is 21.9 Å². The lowest BCUT2D eigenvalue weighted by Gasteiger charge is -2.23. The zero-order valence-electron chi connectivity index (χ0n) is 9.50. The molecule has 0 aliphatic carbocycles. The largest absolute Gasteiger partial charge is 0.481 e. The SMILES string of the molecule is C[C@H](CC(=O)O)N1CC(CS(N)(=O)=O)CC1=O. The maximum atomic E-state index is 11.6. The van der Waals surface area contributed by atoms with Crippen LogP contribution in [-0.4, -0.2) is 48.6 Å². The van der Waals surface area contributed by atoms with Crippen LogP contribution in [0, 0.1) is 5.92 Å². The van der Waals surface area contributed by atoms with Crippen molar-refractivity contribution in [2.24, 2.45) is 11.1 Å². The van der Waals surface area contributed by atoms with Crippen LogP contribution < -0.4 is 5.14 Å². The van der Waals surface area contributed by atoms with Crippen molar-refractivity contribution in [2.75, 3.05) is 12.3 Å². The highest BCUT2D eigenvalue weighted by Gasteiger charge is 2.34. The smallest absolute Gasteiger partial charge is 0.305 e. The summed E-state index contributed by atoms with van der Waals surface area (Å²) >= 11 is 0.